The van der Waals surface area contributed by atoms with E-state index in [9.17, 15) is 13.6 Å². The van der Waals surface area contributed by atoms with Gasteiger partial charge in [-0.05, 0) is 25.0 Å². The van der Waals surface area contributed by atoms with Gasteiger partial charge < -0.3 is 19.3 Å². The second-order valence-corrected chi connectivity index (χ2v) is 6.04. The van der Waals surface area contributed by atoms with Crippen molar-refractivity contribution in [2.24, 2.45) is 0 Å². The molecular formula is C15H22ClN2O4S-. The fourth-order valence-corrected chi connectivity index (χ4v) is 2.45. The van der Waals surface area contributed by atoms with Gasteiger partial charge in [0.1, 0.15) is 0 Å². The maximum atomic E-state index is 12.1. The molecule has 1 unspecified atom stereocenters. The van der Waals surface area contributed by atoms with Crippen LogP contribution >= 0.6 is 11.6 Å². The highest BCUT2D eigenvalue weighted by Crippen LogP contribution is 2.32. The number of carbonyl (C=O) groups is 1. The Morgan fingerprint density at radius 1 is 1.26 bits per heavy atom. The molecule has 0 saturated carbocycles. The average molecular weight is 362 g/mol. The van der Waals surface area contributed by atoms with Crippen molar-refractivity contribution in [2.75, 3.05) is 23.2 Å². The van der Waals surface area contributed by atoms with Crippen LogP contribution in [0, 0.1) is 0 Å². The summed E-state index contributed by atoms with van der Waals surface area (Å²) in [6, 6.07) is 2.95. The maximum absolute atomic E-state index is 12.1. The molecule has 0 aromatic heterocycles. The van der Waals surface area contributed by atoms with Crippen LogP contribution < -0.4 is 10.0 Å². The molecule has 0 aliphatic rings. The number of hydrogen-bond acceptors (Lipinski definition) is 5. The predicted octanol–water partition coefficient (Wildman–Crippen LogP) is 3.71. The van der Waals surface area contributed by atoms with Gasteiger partial charge in [0.25, 0.3) is 0 Å². The molecule has 1 aromatic rings. The van der Waals surface area contributed by atoms with Crippen molar-refractivity contribution in [1.82, 2.24) is 0 Å². The highest BCUT2D eigenvalue weighted by molar-refractivity contribution is 7.80. The molecule has 1 atom stereocenters. The van der Waals surface area contributed by atoms with Crippen LogP contribution in [-0.4, -0.2) is 27.9 Å². The summed E-state index contributed by atoms with van der Waals surface area (Å²) in [5.41, 5.74) is 0.888. The van der Waals surface area contributed by atoms with Gasteiger partial charge in [-0.3, -0.25) is 4.21 Å². The molecule has 0 spiro atoms. The minimum absolute atomic E-state index is 0.143. The van der Waals surface area contributed by atoms with Gasteiger partial charge in [-0.25, -0.2) is 4.79 Å². The zero-order chi connectivity index (χ0) is 17.2. The van der Waals surface area contributed by atoms with Gasteiger partial charge in [-0.2, -0.15) is 0 Å². The number of halogens is 1. The molecule has 1 rings (SSSR count). The summed E-state index contributed by atoms with van der Waals surface area (Å²) in [5.74, 6) is -0.506. The lowest BCUT2D eigenvalue weighted by Crippen LogP contribution is -2.11. The Morgan fingerprint density at radius 3 is 2.52 bits per heavy atom. The Morgan fingerprint density at radius 2 is 1.91 bits per heavy atom. The van der Waals surface area contributed by atoms with Crippen LogP contribution in [0.25, 0.3) is 0 Å². The largest absolute Gasteiger partial charge is 0.755 e. The first-order chi connectivity index (χ1) is 11.0. The molecule has 6 nitrogen and oxygen atoms in total. The van der Waals surface area contributed by atoms with E-state index in [1.165, 1.54) is 6.07 Å². The predicted molar refractivity (Wildman–Crippen MR) is 92.6 cm³/mol. The van der Waals surface area contributed by atoms with Crippen molar-refractivity contribution < 1.29 is 18.3 Å². The van der Waals surface area contributed by atoms with Gasteiger partial charge in [-0.1, -0.05) is 38.3 Å². The van der Waals surface area contributed by atoms with Crippen LogP contribution in [0.4, 0.5) is 11.4 Å². The normalized spacial score (nSPS) is 11.8. The van der Waals surface area contributed by atoms with Crippen LogP contribution in [0.15, 0.2) is 12.1 Å². The third kappa shape index (κ3) is 6.76. The minimum Gasteiger partial charge on any atom is -0.755 e. The third-order valence-electron chi connectivity index (χ3n) is 3.08. The molecule has 0 fully saturated rings. The van der Waals surface area contributed by atoms with Gasteiger partial charge in [0.15, 0.2) is 0 Å². The fraction of sp³-hybridized carbons (Fsp3) is 0.533. The summed E-state index contributed by atoms with van der Waals surface area (Å²) < 4.78 is 29.1. The van der Waals surface area contributed by atoms with Gasteiger partial charge >= 0.3 is 5.97 Å². The monoisotopic (exact) mass is 361 g/mol. The van der Waals surface area contributed by atoms with Crippen LogP contribution in [0.1, 0.15) is 49.9 Å². The number of carbonyl (C=O) groups excluding carboxylic acids is 1. The fourth-order valence-electron chi connectivity index (χ4n) is 1.83. The Kier molecular flexibility index (Phi) is 8.98. The van der Waals surface area contributed by atoms with E-state index in [-0.39, 0.29) is 16.3 Å². The van der Waals surface area contributed by atoms with E-state index in [2.05, 4.69) is 17.0 Å². The Bertz CT molecular complexity index is 555. The molecule has 23 heavy (non-hydrogen) atoms. The quantitative estimate of drug-likeness (QED) is 0.376. The average Bonchev–Trinajstić information content (AvgIpc) is 2.50. The van der Waals surface area contributed by atoms with Crippen molar-refractivity contribution in [2.45, 2.75) is 39.5 Å². The van der Waals surface area contributed by atoms with E-state index in [4.69, 9.17) is 16.3 Å². The Hall–Kier alpha value is -1.31. The molecule has 0 amide bonds. The lowest BCUT2D eigenvalue weighted by molar-refractivity contribution is 0.0500. The van der Waals surface area contributed by atoms with Crippen molar-refractivity contribution >= 4 is 40.2 Å². The van der Waals surface area contributed by atoms with Crippen LogP contribution in [0.5, 0.6) is 0 Å². The van der Waals surface area contributed by atoms with Crippen LogP contribution in [-0.2, 0) is 16.0 Å². The second-order valence-electron chi connectivity index (χ2n) is 4.99. The van der Waals surface area contributed by atoms with E-state index in [0.717, 1.165) is 25.7 Å². The number of ether oxygens (including phenoxy) is 1. The van der Waals surface area contributed by atoms with Gasteiger partial charge in [0, 0.05) is 17.8 Å². The smallest absolute Gasteiger partial charge is 0.338 e. The first-order valence-corrected chi connectivity index (χ1v) is 9.05. The second kappa shape index (κ2) is 10.5. The van der Waals surface area contributed by atoms with Crippen LogP contribution in [0.3, 0.4) is 0 Å². The Labute approximate surface area is 144 Å². The molecule has 2 N–H and O–H groups in total. The van der Waals surface area contributed by atoms with Gasteiger partial charge in [0.05, 0.1) is 28.6 Å². The molecule has 0 radical (unpaired) electrons. The van der Waals surface area contributed by atoms with E-state index < -0.39 is 17.2 Å². The lowest BCUT2D eigenvalue weighted by Gasteiger charge is -2.16. The van der Waals surface area contributed by atoms with E-state index in [0.29, 0.717) is 18.8 Å². The maximum Gasteiger partial charge on any atom is 0.338 e. The van der Waals surface area contributed by atoms with Gasteiger partial charge in [0.2, 0.25) is 0 Å². The first kappa shape index (κ1) is 19.7. The molecule has 8 heteroatoms. The molecule has 1 aromatic carbocycles. The highest BCUT2D eigenvalue weighted by Gasteiger charge is 2.15. The SMILES string of the molecule is CCCCNc1cc(C(=O)OCCCC)cc(NS(=O)[O-])c1Cl. The number of nitrogens with one attached hydrogen (secondary N) is 2. The highest BCUT2D eigenvalue weighted by atomic mass is 35.5. The van der Waals surface area contributed by atoms with E-state index >= 15 is 0 Å². The van der Waals surface area contributed by atoms with Crippen molar-refractivity contribution in [1.29, 1.82) is 0 Å². The zero-order valence-electron chi connectivity index (χ0n) is 13.3. The summed E-state index contributed by atoms with van der Waals surface area (Å²) in [6.07, 6.45) is 3.62. The Balaban J connectivity index is 3.01. The first-order valence-electron chi connectivity index (χ1n) is 7.60. The van der Waals surface area contributed by atoms with Crippen molar-refractivity contribution in [3.05, 3.63) is 22.7 Å². The van der Waals surface area contributed by atoms with Crippen LogP contribution in [0.2, 0.25) is 5.02 Å². The van der Waals surface area contributed by atoms with Gasteiger partial charge in [-0.15, -0.1) is 0 Å². The molecule has 0 bridgehead atoms. The lowest BCUT2D eigenvalue weighted by atomic mass is 10.1. The molecular weight excluding hydrogens is 340 g/mol. The summed E-state index contributed by atoms with van der Waals surface area (Å²) >= 11 is 3.65. The van der Waals surface area contributed by atoms with Crippen molar-refractivity contribution in [3.63, 3.8) is 0 Å². The standard InChI is InChI=1S/C15H23ClN2O4S/c1-3-5-7-17-12-9-11(15(19)22-8-6-4-2)10-13(14(12)16)18-23(20)21/h9-10,17-18H,3-8H2,1-2H3,(H,20,21)/p-1. The van der Waals surface area contributed by atoms with E-state index in [1.807, 2.05) is 6.92 Å². The zero-order valence-corrected chi connectivity index (χ0v) is 14.9. The summed E-state index contributed by atoms with van der Waals surface area (Å²) in [6.45, 7) is 5.05. The molecule has 130 valence electrons. The minimum atomic E-state index is -2.54. The van der Waals surface area contributed by atoms with Crippen molar-refractivity contribution in [3.8, 4) is 0 Å². The van der Waals surface area contributed by atoms with E-state index in [1.54, 1.807) is 6.07 Å². The summed E-state index contributed by atoms with van der Waals surface area (Å²) in [5, 5.41) is 3.33. The topological polar surface area (TPSA) is 90.5 Å². The molecule has 0 aliphatic heterocycles. The number of anilines is 2. The number of esters is 1. The number of benzene rings is 1. The molecule has 0 saturated heterocycles. The summed E-state index contributed by atoms with van der Waals surface area (Å²) in [7, 11) is 0. The number of hydrogen-bond donors (Lipinski definition) is 2. The molecule has 0 aliphatic carbocycles. The summed E-state index contributed by atoms with van der Waals surface area (Å²) in [4.78, 5) is 12.1. The third-order valence-corrected chi connectivity index (χ3v) is 3.87. The number of unbranched alkanes of at least 4 members (excludes halogenated alkanes) is 2. The molecule has 0 heterocycles. The number of rotatable bonds is 10.